The predicted octanol–water partition coefficient (Wildman–Crippen LogP) is -1.60. The smallest absolute Gasteiger partial charge is 0.107 e. The Morgan fingerprint density at radius 3 is 2.73 bits per heavy atom. The van der Waals surface area contributed by atoms with Crippen LogP contribution in [0.25, 0.3) is 0 Å². The van der Waals surface area contributed by atoms with Gasteiger partial charge in [-0.2, -0.15) is 0 Å². The van der Waals surface area contributed by atoms with Gasteiger partial charge in [0.2, 0.25) is 0 Å². The minimum atomic E-state index is -0.728. The highest BCUT2D eigenvalue weighted by molar-refractivity contribution is 4.84. The van der Waals surface area contributed by atoms with Crippen LogP contribution in [0.15, 0.2) is 0 Å². The van der Waals surface area contributed by atoms with Gasteiger partial charge in [-0.1, -0.05) is 0 Å². The summed E-state index contributed by atoms with van der Waals surface area (Å²) < 4.78 is 5.49. The molecular formula is C10H20N2O3. The van der Waals surface area contributed by atoms with E-state index in [4.69, 9.17) is 4.74 Å². The Kier molecular flexibility index (Phi) is 3.93. The maximum Gasteiger partial charge on any atom is 0.107 e. The molecule has 0 spiro atoms. The van der Waals surface area contributed by atoms with Gasteiger partial charge in [-0.05, 0) is 6.42 Å². The first-order valence-electron chi connectivity index (χ1n) is 5.68. The van der Waals surface area contributed by atoms with Crippen LogP contribution in [0.5, 0.6) is 0 Å². The molecule has 5 nitrogen and oxygen atoms in total. The summed E-state index contributed by atoms with van der Waals surface area (Å²) in [6, 6.07) is 0. The molecule has 2 heterocycles. The number of hydrogen-bond donors (Lipinski definition) is 3. The molecule has 3 unspecified atom stereocenters. The van der Waals surface area contributed by atoms with E-state index in [1.54, 1.807) is 0 Å². The highest BCUT2D eigenvalue weighted by Gasteiger charge is 2.32. The monoisotopic (exact) mass is 216 g/mol. The van der Waals surface area contributed by atoms with Crippen molar-refractivity contribution >= 4 is 0 Å². The molecule has 0 aromatic rings. The first-order valence-corrected chi connectivity index (χ1v) is 5.68. The van der Waals surface area contributed by atoms with Crippen LogP contribution in [0.4, 0.5) is 0 Å². The van der Waals surface area contributed by atoms with Crippen molar-refractivity contribution in [2.24, 2.45) is 0 Å². The number of aliphatic hydroxyl groups is 2. The van der Waals surface area contributed by atoms with E-state index in [9.17, 15) is 10.2 Å². The zero-order valence-electron chi connectivity index (χ0n) is 8.93. The molecule has 0 amide bonds. The van der Waals surface area contributed by atoms with Gasteiger partial charge >= 0.3 is 0 Å². The minimum Gasteiger partial charge on any atom is -0.390 e. The fourth-order valence-corrected chi connectivity index (χ4v) is 2.17. The fraction of sp³-hybridized carbons (Fsp3) is 1.00. The molecule has 2 saturated heterocycles. The van der Waals surface area contributed by atoms with Gasteiger partial charge in [0.25, 0.3) is 0 Å². The second-order valence-electron chi connectivity index (χ2n) is 4.31. The number of nitrogens with zero attached hydrogens (tertiary/aromatic N) is 1. The van der Waals surface area contributed by atoms with E-state index < -0.39 is 12.2 Å². The van der Waals surface area contributed by atoms with Crippen molar-refractivity contribution in [3.05, 3.63) is 0 Å². The molecule has 0 radical (unpaired) electrons. The van der Waals surface area contributed by atoms with Crippen LogP contribution in [-0.4, -0.2) is 72.8 Å². The minimum absolute atomic E-state index is 0.230. The van der Waals surface area contributed by atoms with Crippen LogP contribution in [0, 0.1) is 0 Å². The van der Waals surface area contributed by atoms with Crippen LogP contribution < -0.4 is 5.32 Å². The SMILES string of the molecule is OC1CCOC(CN2CCNCC2)C1O. The number of ether oxygens (including phenoxy) is 1. The lowest BCUT2D eigenvalue weighted by Gasteiger charge is -2.36. The van der Waals surface area contributed by atoms with Crippen LogP contribution in [-0.2, 0) is 4.74 Å². The van der Waals surface area contributed by atoms with E-state index in [1.807, 2.05) is 0 Å². The van der Waals surface area contributed by atoms with Gasteiger partial charge in [-0.15, -0.1) is 0 Å². The van der Waals surface area contributed by atoms with Gasteiger partial charge in [-0.25, -0.2) is 0 Å². The summed E-state index contributed by atoms with van der Waals surface area (Å²) in [6.07, 6.45) is -1.04. The third-order valence-electron chi connectivity index (χ3n) is 3.17. The van der Waals surface area contributed by atoms with Crippen molar-refractivity contribution in [3.63, 3.8) is 0 Å². The van der Waals surface area contributed by atoms with E-state index in [0.717, 1.165) is 32.7 Å². The average molecular weight is 216 g/mol. The van der Waals surface area contributed by atoms with Crippen molar-refractivity contribution in [2.45, 2.75) is 24.7 Å². The van der Waals surface area contributed by atoms with E-state index in [1.165, 1.54) is 0 Å². The number of aliphatic hydroxyl groups excluding tert-OH is 2. The molecule has 3 N–H and O–H groups in total. The molecule has 0 bridgehead atoms. The molecule has 2 rings (SSSR count). The summed E-state index contributed by atoms with van der Waals surface area (Å²) in [7, 11) is 0. The lowest BCUT2D eigenvalue weighted by Crippen LogP contribution is -2.53. The van der Waals surface area contributed by atoms with Crippen molar-refractivity contribution in [1.29, 1.82) is 0 Å². The quantitative estimate of drug-likeness (QED) is 0.519. The topological polar surface area (TPSA) is 65.0 Å². The standard InChI is InChI=1S/C10H20N2O3/c13-8-1-6-15-9(10(8)14)7-12-4-2-11-3-5-12/h8-11,13-14H,1-7H2. The zero-order chi connectivity index (χ0) is 10.7. The molecule has 5 heteroatoms. The molecule has 0 aromatic heterocycles. The zero-order valence-corrected chi connectivity index (χ0v) is 8.93. The molecule has 88 valence electrons. The fourth-order valence-electron chi connectivity index (χ4n) is 2.17. The van der Waals surface area contributed by atoms with Crippen molar-refractivity contribution < 1.29 is 14.9 Å². The first-order chi connectivity index (χ1) is 7.27. The molecule has 0 aliphatic carbocycles. The van der Waals surface area contributed by atoms with Gasteiger partial charge in [0.1, 0.15) is 6.10 Å². The number of piperazine rings is 1. The lowest BCUT2D eigenvalue weighted by molar-refractivity contribution is -0.141. The maximum absolute atomic E-state index is 9.75. The highest BCUT2D eigenvalue weighted by Crippen LogP contribution is 2.15. The van der Waals surface area contributed by atoms with Gasteiger partial charge in [0.05, 0.1) is 12.2 Å². The summed E-state index contributed by atoms with van der Waals surface area (Å²) in [5, 5.41) is 22.5. The number of hydrogen-bond acceptors (Lipinski definition) is 5. The number of rotatable bonds is 2. The molecular weight excluding hydrogens is 196 g/mol. The average Bonchev–Trinajstić information content (AvgIpc) is 2.26. The Morgan fingerprint density at radius 1 is 1.27 bits per heavy atom. The summed E-state index contributed by atoms with van der Waals surface area (Å²) in [4.78, 5) is 2.27. The van der Waals surface area contributed by atoms with E-state index in [0.29, 0.717) is 13.0 Å². The van der Waals surface area contributed by atoms with Crippen molar-refractivity contribution in [1.82, 2.24) is 10.2 Å². The number of nitrogens with one attached hydrogen (secondary N) is 1. The largest absolute Gasteiger partial charge is 0.390 e. The Morgan fingerprint density at radius 2 is 2.00 bits per heavy atom. The summed E-state index contributed by atoms with van der Waals surface area (Å²) in [6.45, 7) is 5.23. The van der Waals surface area contributed by atoms with Crippen LogP contribution in [0.1, 0.15) is 6.42 Å². The molecule has 3 atom stereocenters. The van der Waals surface area contributed by atoms with Crippen LogP contribution in [0.2, 0.25) is 0 Å². The van der Waals surface area contributed by atoms with Gasteiger partial charge < -0.3 is 20.3 Å². The Balaban J connectivity index is 1.81. The summed E-state index contributed by atoms with van der Waals surface area (Å²) in [5.41, 5.74) is 0. The van der Waals surface area contributed by atoms with E-state index in [-0.39, 0.29) is 6.10 Å². The van der Waals surface area contributed by atoms with Gasteiger partial charge in [0.15, 0.2) is 0 Å². The Labute approximate surface area is 90.0 Å². The van der Waals surface area contributed by atoms with Gasteiger partial charge in [0, 0.05) is 39.3 Å². The normalized spacial score (nSPS) is 39.2. The van der Waals surface area contributed by atoms with Gasteiger partial charge in [-0.3, -0.25) is 4.90 Å². The molecule has 15 heavy (non-hydrogen) atoms. The highest BCUT2D eigenvalue weighted by atomic mass is 16.5. The summed E-state index contributed by atoms with van der Waals surface area (Å²) in [5.74, 6) is 0. The molecule has 0 aromatic carbocycles. The maximum atomic E-state index is 9.75. The van der Waals surface area contributed by atoms with Crippen LogP contribution >= 0.6 is 0 Å². The van der Waals surface area contributed by atoms with Crippen molar-refractivity contribution in [2.75, 3.05) is 39.3 Å². The lowest BCUT2D eigenvalue weighted by atomic mass is 10.0. The van der Waals surface area contributed by atoms with Crippen LogP contribution in [0.3, 0.4) is 0 Å². The Hall–Kier alpha value is -0.200. The molecule has 2 aliphatic rings. The second-order valence-corrected chi connectivity index (χ2v) is 4.31. The third kappa shape index (κ3) is 2.89. The molecule has 0 saturated carbocycles. The molecule has 2 aliphatic heterocycles. The first kappa shape index (κ1) is 11.3. The van der Waals surface area contributed by atoms with E-state index in [2.05, 4.69) is 10.2 Å². The summed E-state index contributed by atoms with van der Waals surface area (Å²) >= 11 is 0. The predicted molar refractivity (Wildman–Crippen MR) is 55.7 cm³/mol. The third-order valence-corrected chi connectivity index (χ3v) is 3.17. The molecule has 2 fully saturated rings. The van der Waals surface area contributed by atoms with E-state index >= 15 is 0 Å². The van der Waals surface area contributed by atoms with Crippen molar-refractivity contribution in [3.8, 4) is 0 Å². The second kappa shape index (κ2) is 5.23. The Bertz CT molecular complexity index is 197.